The fourth-order valence-electron chi connectivity index (χ4n) is 0.850. The van der Waals surface area contributed by atoms with Gasteiger partial charge < -0.3 is 4.57 Å². The summed E-state index contributed by atoms with van der Waals surface area (Å²) in [5.74, 6) is 0. The second-order valence-corrected chi connectivity index (χ2v) is 9.79. The van der Waals surface area contributed by atoms with Crippen LogP contribution in [0.5, 0.6) is 0 Å². The van der Waals surface area contributed by atoms with E-state index in [1.807, 2.05) is 0 Å². The second-order valence-electron chi connectivity index (χ2n) is 3.09. The van der Waals surface area contributed by atoms with Crippen molar-refractivity contribution < 1.29 is 0 Å². The topological polar surface area (TPSA) is 3.24 Å². The van der Waals surface area contributed by atoms with Gasteiger partial charge in [-0.3, -0.25) is 0 Å². The molecule has 0 rings (SSSR count). The van der Waals surface area contributed by atoms with Crippen LogP contribution in [0, 0.1) is 0 Å². The summed E-state index contributed by atoms with van der Waals surface area (Å²) in [6.07, 6.45) is 0. The summed E-state index contributed by atoms with van der Waals surface area (Å²) in [4.78, 5) is 0. The van der Waals surface area contributed by atoms with Crippen LogP contribution in [0.2, 0.25) is 18.3 Å². The Morgan fingerprint density at radius 2 is 1.89 bits per heavy atom. The van der Waals surface area contributed by atoms with Gasteiger partial charge in [0.2, 0.25) is 0 Å². The highest BCUT2D eigenvalue weighted by Crippen LogP contribution is 2.07. The van der Waals surface area contributed by atoms with E-state index in [2.05, 4.69) is 38.7 Å². The number of nitrogens with zero attached hydrogens (tertiary/aromatic N) is 1. The molecular formula is C6H19NSi2. The average molecular weight is 161 g/mol. The molecule has 0 amide bonds. The zero-order valence-electron chi connectivity index (χ0n) is 7.31. The van der Waals surface area contributed by atoms with Crippen molar-refractivity contribution in [3.8, 4) is 0 Å². The van der Waals surface area contributed by atoms with Gasteiger partial charge in [-0.15, -0.1) is 0 Å². The Labute approximate surface area is 63.0 Å². The van der Waals surface area contributed by atoms with Crippen LogP contribution >= 0.6 is 0 Å². The maximum absolute atomic E-state index is 2.45. The van der Waals surface area contributed by atoms with E-state index in [9.17, 15) is 0 Å². The first kappa shape index (κ1) is 9.39. The number of hydrogen-bond donors (Lipinski definition) is 0. The molecule has 0 aromatic rings. The molecule has 2 atom stereocenters. The number of hydrogen-bond acceptors (Lipinski definition) is 1. The van der Waals surface area contributed by atoms with E-state index in [0.717, 1.165) is 5.16 Å². The van der Waals surface area contributed by atoms with Crippen molar-refractivity contribution in [3.05, 3.63) is 0 Å². The van der Waals surface area contributed by atoms with E-state index in [4.69, 9.17) is 0 Å². The highest BCUT2D eigenvalue weighted by molar-refractivity contribution is 6.68. The maximum atomic E-state index is 2.45. The lowest BCUT2D eigenvalue weighted by atomic mass is 10.9. The molecule has 0 N–H and O–H groups in total. The summed E-state index contributed by atoms with van der Waals surface area (Å²) < 4.78 is 2.45. The molecule has 0 radical (unpaired) electrons. The molecule has 0 bridgehead atoms. The van der Waals surface area contributed by atoms with Gasteiger partial charge in [0.1, 0.15) is 8.96 Å². The fourth-order valence-corrected chi connectivity index (χ4v) is 5.86. The minimum atomic E-state index is -0.475. The zero-order valence-corrected chi connectivity index (χ0v) is 9.88. The van der Waals surface area contributed by atoms with Gasteiger partial charge in [0.05, 0.1) is 0 Å². The summed E-state index contributed by atoms with van der Waals surface area (Å²) in [6, 6.07) is 0. The lowest BCUT2D eigenvalue weighted by molar-refractivity contribution is 0.636. The number of rotatable bonds is 3. The molecule has 0 aromatic heterocycles. The molecule has 0 saturated heterocycles. The van der Waals surface area contributed by atoms with Gasteiger partial charge in [0.15, 0.2) is 0 Å². The Balaban J connectivity index is 3.58. The smallest absolute Gasteiger partial charge is 0.107 e. The van der Waals surface area contributed by atoms with Crippen molar-refractivity contribution in [2.24, 2.45) is 0 Å². The van der Waals surface area contributed by atoms with Crippen LogP contribution in [-0.2, 0) is 0 Å². The average Bonchev–Trinajstić information content (AvgIpc) is 1.84. The quantitative estimate of drug-likeness (QED) is 0.544. The summed E-state index contributed by atoms with van der Waals surface area (Å²) in [5, 5.41) is 1.10. The van der Waals surface area contributed by atoms with Crippen LogP contribution in [0.25, 0.3) is 0 Å². The molecule has 0 aliphatic heterocycles. The Hall–Kier alpha value is 0.394. The van der Waals surface area contributed by atoms with Crippen molar-refractivity contribution in [3.63, 3.8) is 0 Å². The molecule has 0 saturated carbocycles. The molecular weight excluding hydrogens is 142 g/mol. The van der Waals surface area contributed by atoms with E-state index in [-0.39, 0.29) is 9.52 Å². The predicted octanol–water partition coefficient (Wildman–Crippen LogP) is 0.466. The van der Waals surface area contributed by atoms with E-state index in [1.165, 1.54) is 0 Å². The minimum Gasteiger partial charge on any atom is -0.332 e. The molecule has 9 heavy (non-hydrogen) atoms. The third kappa shape index (κ3) is 3.18. The van der Waals surface area contributed by atoms with Crippen LogP contribution in [0.3, 0.4) is 0 Å². The minimum absolute atomic E-state index is 0.268. The predicted molar refractivity (Wildman–Crippen MR) is 50.5 cm³/mol. The van der Waals surface area contributed by atoms with Gasteiger partial charge in [0.25, 0.3) is 0 Å². The molecule has 1 nitrogen and oxygen atoms in total. The van der Waals surface area contributed by atoms with E-state index in [0.29, 0.717) is 0 Å². The lowest BCUT2D eigenvalue weighted by Crippen LogP contribution is -2.34. The van der Waals surface area contributed by atoms with Gasteiger partial charge in [-0.2, -0.15) is 0 Å². The van der Waals surface area contributed by atoms with Crippen molar-refractivity contribution in [2.45, 2.75) is 25.2 Å². The first-order chi connectivity index (χ1) is 4.09. The van der Waals surface area contributed by atoms with Crippen molar-refractivity contribution in [2.75, 3.05) is 14.1 Å². The Morgan fingerprint density at radius 3 is 2.00 bits per heavy atom. The largest absolute Gasteiger partial charge is 0.332 e. The van der Waals surface area contributed by atoms with Gasteiger partial charge >= 0.3 is 0 Å². The molecule has 56 valence electrons. The monoisotopic (exact) mass is 161 g/mol. The van der Waals surface area contributed by atoms with Gasteiger partial charge in [-0.1, -0.05) is 20.0 Å². The first-order valence-corrected chi connectivity index (χ1v) is 8.32. The van der Waals surface area contributed by atoms with Crippen LogP contribution < -0.4 is 0 Å². The van der Waals surface area contributed by atoms with Gasteiger partial charge in [-0.05, 0) is 19.3 Å². The fraction of sp³-hybridized carbons (Fsp3) is 1.00. The molecule has 3 heteroatoms. The molecule has 0 aliphatic carbocycles. The van der Waals surface area contributed by atoms with E-state index >= 15 is 0 Å². The first-order valence-electron chi connectivity index (χ1n) is 3.76. The third-order valence-corrected chi connectivity index (χ3v) is 10.3. The molecule has 0 fully saturated rings. The maximum Gasteiger partial charge on any atom is 0.107 e. The molecule has 0 heterocycles. The Kier molecular flexibility index (Phi) is 4.43. The SMILES string of the molecule is C[SiH2]C(C)[SiH](C)N(C)C. The van der Waals surface area contributed by atoms with Gasteiger partial charge in [0, 0.05) is 9.52 Å². The molecule has 2 unspecified atom stereocenters. The highest BCUT2D eigenvalue weighted by atomic mass is 28.3. The zero-order chi connectivity index (χ0) is 7.44. The summed E-state index contributed by atoms with van der Waals surface area (Å²) >= 11 is 0. The Morgan fingerprint density at radius 1 is 1.44 bits per heavy atom. The van der Waals surface area contributed by atoms with Gasteiger partial charge in [-0.25, -0.2) is 0 Å². The summed E-state index contributed by atoms with van der Waals surface area (Å²) in [5.41, 5.74) is 0. The van der Waals surface area contributed by atoms with Crippen molar-refractivity contribution in [1.29, 1.82) is 0 Å². The van der Waals surface area contributed by atoms with Crippen LogP contribution in [-0.4, -0.2) is 37.1 Å². The van der Waals surface area contributed by atoms with Crippen LogP contribution in [0.15, 0.2) is 0 Å². The van der Waals surface area contributed by atoms with E-state index in [1.54, 1.807) is 0 Å². The summed E-state index contributed by atoms with van der Waals surface area (Å²) in [7, 11) is 4.23. The Bertz CT molecular complexity index is 75.5. The van der Waals surface area contributed by atoms with Crippen molar-refractivity contribution in [1.82, 2.24) is 4.57 Å². The summed E-state index contributed by atoms with van der Waals surface area (Å²) in [6.45, 7) is 7.28. The normalized spacial score (nSPS) is 19.3. The molecule has 0 aliphatic rings. The van der Waals surface area contributed by atoms with Crippen molar-refractivity contribution >= 4 is 18.5 Å². The standard InChI is InChI=1S/C6H19NSi2/c1-6(8-4)9(5)7(2)3/h6,9H,8H2,1-5H3. The lowest BCUT2D eigenvalue weighted by Gasteiger charge is -2.23. The van der Waals surface area contributed by atoms with Crippen LogP contribution in [0.4, 0.5) is 0 Å². The highest BCUT2D eigenvalue weighted by Gasteiger charge is 2.13. The third-order valence-electron chi connectivity index (χ3n) is 2.28. The second kappa shape index (κ2) is 4.25. The van der Waals surface area contributed by atoms with Crippen LogP contribution in [0.1, 0.15) is 6.92 Å². The van der Waals surface area contributed by atoms with E-state index < -0.39 is 8.96 Å². The molecule has 0 spiro atoms. The molecule has 0 aromatic carbocycles.